The van der Waals surface area contributed by atoms with E-state index in [1.165, 1.54) is 88.7 Å². The van der Waals surface area contributed by atoms with Crippen LogP contribution in [0.25, 0.3) is 83.5 Å². The highest BCUT2D eigenvalue weighted by Gasteiger charge is 2.20. The first-order valence-electron chi connectivity index (χ1n) is 17.5. The van der Waals surface area contributed by atoms with Crippen LogP contribution in [0.1, 0.15) is 17.7 Å². The van der Waals surface area contributed by atoms with Gasteiger partial charge in [0.15, 0.2) is 0 Å². The Kier molecular flexibility index (Phi) is 6.67. The van der Waals surface area contributed by atoms with E-state index in [0.717, 1.165) is 12.8 Å². The molecule has 1 aliphatic rings. The van der Waals surface area contributed by atoms with Crippen molar-refractivity contribution >= 4 is 38.8 Å². The summed E-state index contributed by atoms with van der Waals surface area (Å²) in [5.74, 6) is 0. The van der Waals surface area contributed by atoms with Crippen LogP contribution in [0.3, 0.4) is 0 Å². The normalized spacial score (nSPS) is 12.6. The van der Waals surface area contributed by atoms with E-state index in [1.807, 2.05) is 0 Å². The molecule has 0 spiro atoms. The Labute approximate surface area is 291 Å². The number of nitrogens with zero attached hydrogens (tertiary/aromatic N) is 2. The first kappa shape index (κ1) is 28.6. The van der Waals surface area contributed by atoms with E-state index in [-0.39, 0.29) is 0 Å². The molecule has 50 heavy (non-hydrogen) atoms. The number of para-hydroxylation sites is 1. The molecule has 2 aromatic heterocycles. The first-order valence-corrected chi connectivity index (χ1v) is 17.5. The molecule has 0 atom stereocenters. The molecule has 2 heterocycles. The number of fused-ring (bicyclic) bond motifs is 6. The van der Waals surface area contributed by atoms with Gasteiger partial charge in [-0.1, -0.05) is 121 Å². The van der Waals surface area contributed by atoms with Crippen molar-refractivity contribution < 1.29 is 0 Å². The topological polar surface area (TPSA) is 9.86 Å². The van der Waals surface area contributed by atoms with Crippen molar-refractivity contribution in [2.24, 2.45) is 0 Å². The van der Waals surface area contributed by atoms with E-state index in [0.29, 0.717) is 0 Å². The first-order chi connectivity index (χ1) is 24.8. The van der Waals surface area contributed by atoms with Crippen molar-refractivity contribution in [3.8, 4) is 44.8 Å². The van der Waals surface area contributed by atoms with Crippen LogP contribution in [-0.2, 0) is 6.42 Å². The number of aromatic nitrogens is 2. The largest absolute Gasteiger partial charge is 0.310 e. The molecule has 0 aliphatic heterocycles. The van der Waals surface area contributed by atoms with Crippen molar-refractivity contribution in [2.45, 2.75) is 12.8 Å². The van der Waals surface area contributed by atoms with Crippen LogP contribution in [0.4, 0.5) is 0 Å². The quantitative estimate of drug-likeness (QED) is 0.178. The maximum atomic E-state index is 2.44. The summed E-state index contributed by atoms with van der Waals surface area (Å²) in [6, 6.07) is 62.0. The lowest BCUT2D eigenvalue weighted by molar-refractivity contribution is 0.967. The molecule has 236 valence electrons. The van der Waals surface area contributed by atoms with Crippen LogP contribution < -0.4 is 0 Å². The zero-order valence-corrected chi connectivity index (χ0v) is 27.6. The predicted molar refractivity (Wildman–Crippen MR) is 211 cm³/mol. The van der Waals surface area contributed by atoms with Gasteiger partial charge in [-0.3, -0.25) is 0 Å². The van der Waals surface area contributed by atoms with E-state index in [1.54, 1.807) is 0 Å². The number of rotatable bonds is 5. The lowest BCUT2D eigenvalue weighted by Crippen LogP contribution is -2.00. The highest BCUT2D eigenvalue weighted by molar-refractivity contribution is 6.10. The van der Waals surface area contributed by atoms with Gasteiger partial charge in [0.25, 0.3) is 0 Å². The average molecular weight is 639 g/mol. The minimum Gasteiger partial charge on any atom is -0.310 e. The Bertz CT molecular complexity index is 2710. The Morgan fingerprint density at radius 1 is 0.360 bits per heavy atom. The molecule has 0 N–H and O–H groups in total. The molecular formula is C48H34N2. The fourth-order valence-electron chi connectivity index (χ4n) is 7.99. The van der Waals surface area contributed by atoms with E-state index in [2.05, 4.69) is 191 Å². The molecule has 2 nitrogen and oxygen atoms in total. The zero-order chi connectivity index (χ0) is 33.0. The van der Waals surface area contributed by atoms with Gasteiger partial charge in [-0.2, -0.15) is 0 Å². The number of hydrogen-bond donors (Lipinski definition) is 0. The Balaban J connectivity index is 1.07. The molecule has 0 amide bonds. The maximum absolute atomic E-state index is 2.44. The molecule has 0 unspecified atom stereocenters. The molecule has 0 saturated carbocycles. The second kappa shape index (κ2) is 11.6. The van der Waals surface area contributed by atoms with Gasteiger partial charge in [-0.05, 0) is 112 Å². The van der Waals surface area contributed by atoms with Gasteiger partial charge < -0.3 is 9.13 Å². The Hall–Kier alpha value is -6.38. The van der Waals surface area contributed by atoms with Gasteiger partial charge >= 0.3 is 0 Å². The summed E-state index contributed by atoms with van der Waals surface area (Å²) in [7, 11) is 0. The van der Waals surface area contributed by atoms with Gasteiger partial charge in [-0.15, -0.1) is 0 Å². The average Bonchev–Trinajstić information content (AvgIpc) is 3.71. The molecular weight excluding hydrogens is 605 g/mol. The molecule has 7 aromatic carbocycles. The second-order valence-corrected chi connectivity index (χ2v) is 13.3. The second-order valence-electron chi connectivity index (χ2n) is 13.3. The highest BCUT2D eigenvalue weighted by atomic mass is 15.0. The predicted octanol–water partition coefficient (Wildman–Crippen LogP) is 12.7. The number of allylic oxidation sites excluding steroid dienone is 1. The summed E-state index contributed by atoms with van der Waals surface area (Å²) < 4.78 is 4.84. The third-order valence-electron chi connectivity index (χ3n) is 10.4. The highest BCUT2D eigenvalue weighted by Crippen LogP contribution is 2.39. The summed E-state index contributed by atoms with van der Waals surface area (Å²) in [4.78, 5) is 0. The Morgan fingerprint density at radius 3 is 1.48 bits per heavy atom. The van der Waals surface area contributed by atoms with Crippen molar-refractivity contribution in [3.05, 3.63) is 187 Å². The SMILES string of the molecule is C1=Cc2c(c3cc(-c4ccc5c(c4)c4ccccc4n5-c4ccc(-c5ccccc5)cc4)ccc3n2-c2ccc(-c3ccccc3)cc2)CC1. The maximum Gasteiger partial charge on any atom is 0.0541 e. The smallest absolute Gasteiger partial charge is 0.0541 e. The molecule has 0 bridgehead atoms. The van der Waals surface area contributed by atoms with Crippen LogP contribution in [-0.4, -0.2) is 9.13 Å². The monoisotopic (exact) mass is 638 g/mol. The standard InChI is InChI=1S/C48H34N2/c1-3-11-33(12-4-1)35-19-25-39(26-20-35)49-45-17-9-7-15-41(45)43-31-37(23-29-47(43)49)38-24-30-48-44(32-38)42-16-8-10-18-46(42)50(48)40-27-21-36(22-28-40)34-13-5-2-6-14-34/h1-7,9-15,17-32H,8,16H2. The van der Waals surface area contributed by atoms with Gasteiger partial charge in [0, 0.05) is 33.2 Å². The van der Waals surface area contributed by atoms with Crippen LogP contribution >= 0.6 is 0 Å². The van der Waals surface area contributed by atoms with Gasteiger partial charge in [0.2, 0.25) is 0 Å². The summed E-state index contributed by atoms with van der Waals surface area (Å²) in [5, 5.41) is 3.88. The molecule has 10 rings (SSSR count). The molecule has 9 aromatic rings. The van der Waals surface area contributed by atoms with E-state index in [4.69, 9.17) is 0 Å². The lowest BCUT2D eigenvalue weighted by Gasteiger charge is -2.13. The van der Waals surface area contributed by atoms with Gasteiger partial charge in [0.1, 0.15) is 0 Å². The fraction of sp³-hybridized carbons (Fsp3) is 0.0417. The van der Waals surface area contributed by atoms with Gasteiger partial charge in [0.05, 0.1) is 16.6 Å². The summed E-state index contributed by atoms with van der Waals surface area (Å²) >= 11 is 0. The fourth-order valence-corrected chi connectivity index (χ4v) is 7.99. The number of aryl methyl sites for hydroxylation is 1. The van der Waals surface area contributed by atoms with E-state index >= 15 is 0 Å². The third-order valence-corrected chi connectivity index (χ3v) is 10.4. The van der Waals surface area contributed by atoms with Crippen LogP contribution in [0, 0.1) is 0 Å². The van der Waals surface area contributed by atoms with Gasteiger partial charge in [-0.25, -0.2) is 0 Å². The lowest BCUT2D eigenvalue weighted by atomic mass is 9.97. The Morgan fingerprint density at radius 2 is 0.840 bits per heavy atom. The molecule has 0 fully saturated rings. The third kappa shape index (κ3) is 4.64. The van der Waals surface area contributed by atoms with Crippen molar-refractivity contribution in [2.75, 3.05) is 0 Å². The van der Waals surface area contributed by atoms with Crippen molar-refractivity contribution in [1.29, 1.82) is 0 Å². The van der Waals surface area contributed by atoms with Crippen LogP contribution in [0.15, 0.2) is 176 Å². The van der Waals surface area contributed by atoms with Crippen LogP contribution in [0.2, 0.25) is 0 Å². The molecule has 0 saturated heterocycles. The number of hydrogen-bond acceptors (Lipinski definition) is 0. The molecule has 1 aliphatic carbocycles. The van der Waals surface area contributed by atoms with Crippen molar-refractivity contribution in [1.82, 2.24) is 9.13 Å². The minimum absolute atomic E-state index is 1.05. The van der Waals surface area contributed by atoms with E-state index < -0.39 is 0 Å². The van der Waals surface area contributed by atoms with E-state index in [9.17, 15) is 0 Å². The molecule has 2 heteroatoms. The molecule has 0 radical (unpaired) electrons. The summed E-state index contributed by atoms with van der Waals surface area (Å²) in [6.45, 7) is 0. The zero-order valence-electron chi connectivity index (χ0n) is 27.6. The summed E-state index contributed by atoms with van der Waals surface area (Å²) in [6.07, 6.45) is 6.75. The van der Waals surface area contributed by atoms with Crippen LogP contribution in [0.5, 0.6) is 0 Å². The van der Waals surface area contributed by atoms with Crippen molar-refractivity contribution in [3.63, 3.8) is 0 Å². The number of benzene rings is 7. The minimum atomic E-state index is 1.05. The summed E-state index contributed by atoms with van der Waals surface area (Å²) in [5.41, 5.74) is 16.2.